The lowest BCUT2D eigenvalue weighted by Gasteiger charge is -2.31. The molecule has 0 fully saturated rings. The van der Waals surface area contributed by atoms with Gasteiger partial charge in [-0.15, -0.1) is 0 Å². The van der Waals surface area contributed by atoms with Gasteiger partial charge in [-0.3, -0.25) is 9.78 Å². The highest BCUT2D eigenvalue weighted by Gasteiger charge is 2.31. The van der Waals surface area contributed by atoms with Gasteiger partial charge < -0.3 is 5.32 Å². The number of nitrogens with one attached hydrogen (secondary N) is 1. The number of nitrogens with zero attached hydrogens (tertiary/aromatic N) is 1. The molecule has 0 aromatic carbocycles. The molecular formula is C14H18BrF3N2O. The first-order valence-electron chi connectivity index (χ1n) is 6.46. The number of hydrogen-bond donors (Lipinski definition) is 1. The third kappa shape index (κ3) is 5.30. The Bertz CT molecular complexity index is 480. The molecule has 0 bridgehead atoms. The van der Waals surface area contributed by atoms with Gasteiger partial charge in [0.05, 0.1) is 5.56 Å². The van der Waals surface area contributed by atoms with E-state index >= 15 is 0 Å². The summed E-state index contributed by atoms with van der Waals surface area (Å²) in [4.78, 5) is 15.7. The van der Waals surface area contributed by atoms with E-state index in [4.69, 9.17) is 0 Å². The van der Waals surface area contributed by atoms with Crippen LogP contribution in [-0.4, -0.2) is 22.3 Å². The average Bonchev–Trinajstić information content (AvgIpc) is 2.36. The highest BCUT2D eigenvalue weighted by Crippen LogP contribution is 2.28. The molecule has 1 unspecified atom stereocenters. The summed E-state index contributed by atoms with van der Waals surface area (Å²) in [6.07, 6.45) is -3.06. The van der Waals surface area contributed by atoms with Gasteiger partial charge in [0.1, 0.15) is 5.69 Å². The molecule has 3 nitrogen and oxygen atoms in total. The minimum absolute atomic E-state index is 0.0215. The normalized spacial score (nSPS) is 13.9. The van der Waals surface area contributed by atoms with Crippen LogP contribution < -0.4 is 5.32 Å². The summed E-state index contributed by atoms with van der Waals surface area (Å²) in [7, 11) is 0. The molecule has 21 heavy (non-hydrogen) atoms. The van der Waals surface area contributed by atoms with Gasteiger partial charge >= 0.3 is 6.18 Å². The summed E-state index contributed by atoms with van der Waals surface area (Å²) in [5.41, 5.74) is -1.05. The van der Waals surface area contributed by atoms with Crippen LogP contribution in [-0.2, 0) is 6.18 Å². The van der Waals surface area contributed by atoms with Crippen molar-refractivity contribution in [2.45, 2.75) is 39.4 Å². The smallest absolute Gasteiger partial charge is 0.347 e. The van der Waals surface area contributed by atoms with Crippen molar-refractivity contribution in [3.63, 3.8) is 0 Å². The Kier molecular flexibility index (Phi) is 5.78. The van der Waals surface area contributed by atoms with Crippen LogP contribution in [0.4, 0.5) is 13.2 Å². The van der Waals surface area contributed by atoms with Gasteiger partial charge in [-0.05, 0) is 24.0 Å². The number of rotatable bonds is 4. The molecule has 0 aliphatic rings. The Balaban J connectivity index is 2.84. The summed E-state index contributed by atoms with van der Waals surface area (Å²) >= 11 is 3.33. The van der Waals surface area contributed by atoms with E-state index < -0.39 is 17.6 Å². The molecular weight excluding hydrogens is 349 g/mol. The Labute approximate surface area is 130 Å². The predicted octanol–water partition coefficient (Wildman–Crippen LogP) is 4.03. The van der Waals surface area contributed by atoms with Crippen LogP contribution in [0.2, 0.25) is 0 Å². The molecule has 1 atom stereocenters. The highest BCUT2D eigenvalue weighted by molar-refractivity contribution is 9.09. The Morgan fingerprint density at radius 3 is 2.33 bits per heavy atom. The summed E-state index contributed by atoms with van der Waals surface area (Å²) in [6.45, 7) is 5.96. The fourth-order valence-electron chi connectivity index (χ4n) is 1.76. The van der Waals surface area contributed by atoms with Crippen molar-refractivity contribution in [1.29, 1.82) is 0 Å². The fraction of sp³-hybridized carbons (Fsp3) is 0.571. The number of aromatic nitrogens is 1. The Morgan fingerprint density at radius 2 is 1.95 bits per heavy atom. The number of carbonyl (C=O) groups excluding carboxylic acids is 1. The van der Waals surface area contributed by atoms with Crippen LogP contribution in [0.5, 0.6) is 0 Å². The number of halogens is 4. The van der Waals surface area contributed by atoms with Gasteiger partial charge in [-0.2, -0.15) is 13.2 Å². The molecule has 7 heteroatoms. The maximum atomic E-state index is 12.4. The minimum Gasteiger partial charge on any atom is -0.347 e. The van der Waals surface area contributed by atoms with Crippen LogP contribution >= 0.6 is 15.9 Å². The lowest BCUT2D eigenvalue weighted by Crippen LogP contribution is -2.44. The number of amides is 1. The number of hydrogen-bond acceptors (Lipinski definition) is 2. The zero-order valence-corrected chi connectivity index (χ0v) is 13.7. The van der Waals surface area contributed by atoms with Crippen molar-refractivity contribution >= 4 is 21.8 Å². The van der Waals surface area contributed by atoms with Crippen LogP contribution in [0.15, 0.2) is 18.3 Å². The molecule has 0 saturated carbocycles. The number of alkyl halides is 4. The van der Waals surface area contributed by atoms with E-state index in [1.807, 2.05) is 20.8 Å². The maximum absolute atomic E-state index is 12.4. The second-order valence-corrected chi connectivity index (χ2v) is 6.59. The molecule has 0 aliphatic carbocycles. The van der Waals surface area contributed by atoms with Crippen molar-refractivity contribution in [3.05, 3.63) is 29.6 Å². The summed E-state index contributed by atoms with van der Waals surface area (Å²) < 4.78 is 37.3. The van der Waals surface area contributed by atoms with E-state index in [1.165, 1.54) is 0 Å². The standard InChI is InChI=1S/C14H18BrF3N2O/c1-13(2,3)11(6-7-15)20-12(21)10-5-4-9(8-19-10)14(16,17)18/h4-5,8,11H,6-7H2,1-3H3,(H,20,21). The Morgan fingerprint density at radius 1 is 1.33 bits per heavy atom. The fourth-order valence-corrected chi connectivity index (χ4v) is 2.22. The third-order valence-electron chi connectivity index (χ3n) is 3.07. The van der Waals surface area contributed by atoms with E-state index in [9.17, 15) is 18.0 Å². The first kappa shape index (κ1) is 17.9. The molecule has 1 aromatic heterocycles. The molecule has 1 heterocycles. The topological polar surface area (TPSA) is 42.0 Å². The molecule has 1 N–H and O–H groups in total. The highest BCUT2D eigenvalue weighted by atomic mass is 79.9. The van der Waals surface area contributed by atoms with Crippen LogP contribution in [0.1, 0.15) is 43.2 Å². The molecule has 0 saturated heterocycles. The second-order valence-electron chi connectivity index (χ2n) is 5.80. The van der Waals surface area contributed by atoms with Gasteiger partial charge in [0.25, 0.3) is 5.91 Å². The van der Waals surface area contributed by atoms with E-state index in [0.717, 1.165) is 23.9 Å². The lowest BCUT2D eigenvalue weighted by atomic mass is 9.85. The SMILES string of the molecule is CC(C)(C)C(CCBr)NC(=O)c1ccc(C(F)(F)F)cn1. The third-order valence-corrected chi connectivity index (χ3v) is 3.53. The van der Waals surface area contributed by atoms with Crippen LogP contribution in [0.3, 0.4) is 0 Å². The van der Waals surface area contributed by atoms with E-state index in [0.29, 0.717) is 6.20 Å². The van der Waals surface area contributed by atoms with Crippen molar-refractivity contribution in [1.82, 2.24) is 10.3 Å². The van der Waals surface area contributed by atoms with Crippen molar-refractivity contribution < 1.29 is 18.0 Å². The van der Waals surface area contributed by atoms with Crippen molar-refractivity contribution in [3.8, 4) is 0 Å². The first-order chi connectivity index (χ1) is 9.55. The van der Waals surface area contributed by atoms with Gasteiger partial charge in [-0.1, -0.05) is 36.7 Å². The van der Waals surface area contributed by atoms with E-state index in [1.54, 1.807) is 0 Å². The second kappa shape index (κ2) is 6.77. The minimum atomic E-state index is -4.45. The zero-order valence-electron chi connectivity index (χ0n) is 12.1. The molecule has 1 rings (SSSR count). The quantitative estimate of drug-likeness (QED) is 0.817. The van der Waals surface area contributed by atoms with E-state index in [-0.39, 0.29) is 17.2 Å². The van der Waals surface area contributed by atoms with Crippen LogP contribution in [0, 0.1) is 5.41 Å². The monoisotopic (exact) mass is 366 g/mol. The van der Waals surface area contributed by atoms with Gasteiger partial charge in [0, 0.05) is 17.6 Å². The summed E-state index contributed by atoms with van der Waals surface area (Å²) in [5, 5.41) is 3.54. The molecule has 0 aliphatic heterocycles. The Hall–Kier alpha value is -1.11. The van der Waals surface area contributed by atoms with Gasteiger partial charge in [-0.25, -0.2) is 0 Å². The number of pyridine rings is 1. The zero-order chi connectivity index (χ0) is 16.3. The van der Waals surface area contributed by atoms with Crippen molar-refractivity contribution in [2.75, 3.05) is 5.33 Å². The first-order valence-corrected chi connectivity index (χ1v) is 7.58. The lowest BCUT2D eigenvalue weighted by molar-refractivity contribution is -0.137. The van der Waals surface area contributed by atoms with Gasteiger partial charge in [0.2, 0.25) is 0 Å². The summed E-state index contributed by atoms with van der Waals surface area (Å²) in [6, 6.07) is 1.85. The molecule has 0 spiro atoms. The largest absolute Gasteiger partial charge is 0.417 e. The van der Waals surface area contributed by atoms with E-state index in [2.05, 4.69) is 26.2 Å². The van der Waals surface area contributed by atoms with Gasteiger partial charge in [0.15, 0.2) is 0 Å². The maximum Gasteiger partial charge on any atom is 0.417 e. The average molecular weight is 367 g/mol. The molecule has 118 valence electrons. The summed E-state index contributed by atoms with van der Waals surface area (Å²) in [5.74, 6) is -0.468. The molecule has 1 amide bonds. The van der Waals surface area contributed by atoms with Crippen molar-refractivity contribution in [2.24, 2.45) is 5.41 Å². The predicted molar refractivity (Wildman–Crippen MR) is 78.4 cm³/mol. The van der Waals surface area contributed by atoms with Crippen LogP contribution in [0.25, 0.3) is 0 Å². The molecule has 0 radical (unpaired) electrons. The number of carbonyl (C=O) groups is 1. The molecule has 1 aromatic rings.